The Bertz CT molecular complexity index is 766. The van der Waals surface area contributed by atoms with Crippen molar-refractivity contribution in [2.75, 3.05) is 11.9 Å². The molecule has 0 unspecified atom stereocenters. The van der Waals surface area contributed by atoms with Gasteiger partial charge in [0.15, 0.2) is 0 Å². The van der Waals surface area contributed by atoms with Crippen LogP contribution >= 0.6 is 11.3 Å². The monoisotopic (exact) mass is 380 g/mol. The number of carbonyl (C=O) groups is 2. The summed E-state index contributed by atoms with van der Waals surface area (Å²) < 4.78 is 13.7. The van der Waals surface area contributed by atoms with Gasteiger partial charge in [-0.25, -0.2) is 19.6 Å². The van der Waals surface area contributed by atoms with E-state index in [0.717, 1.165) is 0 Å². The van der Waals surface area contributed by atoms with E-state index < -0.39 is 17.8 Å². The maximum atomic E-state index is 13.7. The Balaban J connectivity index is 2.06. The summed E-state index contributed by atoms with van der Waals surface area (Å²) in [6.45, 7) is 5.99. The number of hydrogen-bond donors (Lipinski definition) is 2. The van der Waals surface area contributed by atoms with Gasteiger partial charge in [-0.3, -0.25) is 9.63 Å². The van der Waals surface area contributed by atoms with Crippen LogP contribution in [-0.4, -0.2) is 34.5 Å². The molecule has 3 amide bonds. The van der Waals surface area contributed by atoms with Crippen molar-refractivity contribution in [2.45, 2.75) is 33.4 Å². The van der Waals surface area contributed by atoms with Crippen molar-refractivity contribution >= 4 is 29.0 Å². The van der Waals surface area contributed by atoms with E-state index in [1.54, 1.807) is 24.4 Å². The number of hydroxylamine groups is 1. The van der Waals surface area contributed by atoms with Gasteiger partial charge in [-0.15, -0.1) is 11.3 Å². The van der Waals surface area contributed by atoms with Crippen LogP contribution in [-0.2, 0) is 11.4 Å². The van der Waals surface area contributed by atoms with E-state index in [9.17, 15) is 14.0 Å². The van der Waals surface area contributed by atoms with E-state index in [4.69, 9.17) is 4.84 Å². The SMILES string of the molecule is CCONC(=O)c1csc(CN(C(=O)Nc2ccccc2F)C(C)C)n1. The van der Waals surface area contributed by atoms with E-state index in [1.807, 2.05) is 13.8 Å². The summed E-state index contributed by atoms with van der Waals surface area (Å²) in [4.78, 5) is 34.9. The third-order valence-corrected chi connectivity index (χ3v) is 4.23. The Hall–Kier alpha value is -2.52. The average molecular weight is 380 g/mol. The third kappa shape index (κ3) is 5.24. The normalized spacial score (nSPS) is 10.7. The van der Waals surface area contributed by atoms with Crippen molar-refractivity contribution in [2.24, 2.45) is 0 Å². The van der Waals surface area contributed by atoms with Crippen molar-refractivity contribution in [3.63, 3.8) is 0 Å². The summed E-state index contributed by atoms with van der Waals surface area (Å²) in [7, 11) is 0. The molecule has 0 aliphatic heterocycles. The number of nitrogens with zero attached hydrogens (tertiary/aromatic N) is 2. The second kappa shape index (κ2) is 9.25. The molecule has 0 fully saturated rings. The number of para-hydroxylation sites is 1. The molecule has 1 heterocycles. The third-order valence-electron chi connectivity index (χ3n) is 3.40. The zero-order valence-electron chi connectivity index (χ0n) is 14.8. The number of amides is 3. The van der Waals surface area contributed by atoms with Gasteiger partial charge in [0.2, 0.25) is 0 Å². The Labute approximate surface area is 155 Å². The molecule has 2 N–H and O–H groups in total. The van der Waals surface area contributed by atoms with E-state index in [1.165, 1.54) is 28.4 Å². The zero-order valence-corrected chi connectivity index (χ0v) is 15.6. The van der Waals surface area contributed by atoms with Gasteiger partial charge in [0, 0.05) is 11.4 Å². The molecule has 2 aromatic rings. The molecular weight excluding hydrogens is 359 g/mol. The van der Waals surface area contributed by atoms with Gasteiger partial charge in [-0.1, -0.05) is 12.1 Å². The maximum Gasteiger partial charge on any atom is 0.322 e. The van der Waals surface area contributed by atoms with Crippen molar-refractivity contribution in [1.82, 2.24) is 15.4 Å². The summed E-state index contributed by atoms with van der Waals surface area (Å²) in [5, 5.41) is 4.74. The number of thiazole rings is 1. The fourth-order valence-corrected chi connectivity index (χ4v) is 2.83. The van der Waals surface area contributed by atoms with Gasteiger partial charge < -0.3 is 10.2 Å². The Morgan fingerprint density at radius 3 is 2.73 bits per heavy atom. The van der Waals surface area contributed by atoms with E-state index >= 15 is 0 Å². The summed E-state index contributed by atoms with van der Waals surface area (Å²) in [5.41, 5.74) is 2.60. The molecule has 0 aliphatic carbocycles. The average Bonchev–Trinajstić information content (AvgIpc) is 3.08. The molecular formula is C17H21FN4O3S. The fourth-order valence-electron chi connectivity index (χ4n) is 2.06. The Kier molecular flexibility index (Phi) is 7.05. The van der Waals surface area contributed by atoms with Gasteiger partial charge in [-0.2, -0.15) is 0 Å². The predicted octanol–water partition coefficient (Wildman–Crippen LogP) is 3.41. The molecule has 0 saturated carbocycles. The largest absolute Gasteiger partial charge is 0.322 e. The molecule has 1 aromatic carbocycles. The highest BCUT2D eigenvalue weighted by atomic mass is 32.1. The lowest BCUT2D eigenvalue weighted by atomic mass is 10.3. The number of benzene rings is 1. The molecule has 2 rings (SSSR count). The molecule has 0 radical (unpaired) electrons. The summed E-state index contributed by atoms with van der Waals surface area (Å²) in [6, 6.07) is 5.37. The van der Waals surface area contributed by atoms with Crippen LogP contribution in [0, 0.1) is 5.82 Å². The highest BCUT2D eigenvalue weighted by Crippen LogP contribution is 2.17. The van der Waals surface area contributed by atoms with Crippen LogP contribution in [0.1, 0.15) is 36.3 Å². The van der Waals surface area contributed by atoms with Crippen molar-refractivity contribution in [1.29, 1.82) is 0 Å². The first-order chi connectivity index (χ1) is 12.4. The highest BCUT2D eigenvalue weighted by molar-refractivity contribution is 7.09. The number of nitrogens with one attached hydrogen (secondary N) is 2. The Morgan fingerprint density at radius 2 is 2.08 bits per heavy atom. The van der Waals surface area contributed by atoms with Crippen LogP contribution in [0.15, 0.2) is 29.6 Å². The molecule has 7 nitrogen and oxygen atoms in total. The minimum atomic E-state index is -0.506. The van der Waals surface area contributed by atoms with Gasteiger partial charge in [0.25, 0.3) is 5.91 Å². The lowest BCUT2D eigenvalue weighted by molar-refractivity contribution is 0.0360. The van der Waals surface area contributed by atoms with Gasteiger partial charge in [0.1, 0.15) is 16.5 Å². The zero-order chi connectivity index (χ0) is 19.1. The van der Waals surface area contributed by atoms with Crippen LogP contribution in [0.2, 0.25) is 0 Å². The molecule has 0 atom stereocenters. The standard InChI is InChI=1S/C17H21FN4O3S/c1-4-25-21-16(23)14-10-26-15(19-14)9-22(11(2)3)17(24)20-13-8-6-5-7-12(13)18/h5-8,10-11H,4,9H2,1-3H3,(H,20,24)(H,21,23). The number of aromatic nitrogens is 1. The predicted molar refractivity (Wildman–Crippen MR) is 97.3 cm³/mol. The number of halogens is 1. The lowest BCUT2D eigenvalue weighted by Gasteiger charge is -2.26. The van der Waals surface area contributed by atoms with Crippen molar-refractivity contribution in [3.8, 4) is 0 Å². The van der Waals surface area contributed by atoms with Crippen LogP contribution in [0.25, 0.3) is 0 Å². The van der Waals surface area contributed by atoms with Crippen molar-refractivity contribution in [3.05, 3.63) is 46.2 Å². The molecule has 0 bridgehead atoms. The Morgan fingerprint density at radius 1 is 1.35 bits per heavy atom. The first-order valence-corrected chi connectivity index (χ1v) is 8.99. The van der Waals surface area contributed by atoms with Crippen LogP contribution in [0.5, 0.6) is 0 Å². The van der Waals surface area contributed by atoms with Crippen LogP contribution in [0.3, 0.4) is 0 Å². The number of carbonyl (C=O) groups excluding carboxylic acids is 2. The molecule has 1 aromatic heterocycles. The summed E-state index contributed by atoms with van der Waals surface area (Å²) >= 11 is 1.26. The van der Waals surface area contributed by atoms with Gasteiger partial charge in [0.05, 0.1) is 18.8 Å². The smallest absolute Gasteiger partial charge is 0.315 e. The molecule has 9 heteroatoms. The van der Waals surface area contributed by atoms with Gasteiger partial charge in [-0.05, 0) is 32.9 Å². The first kappa shape index (κ1) is 19.8. The van der Waals surface area contributed by atoms with Crippen LogP contribution < -0.4 is 10.8 Å². The van der Waals surface area contributed by atoms with Gasteiger partial charge >= 0.3 is 6.03 Å². The first-order valence-electron chi connectivity index (χ1n) is 8.11. The molecule has 0 saturated heterocycles. The minimum absolute atomic E-state index is 0.110. The number of rotatable bonds is 7. The maximum absolute atomic E-state index is 13.7. The number of anilines is 1. The summed E-state index contributed by atoms with van der Waals surface area (Å²) in [5.74, 6) is -0.949. The second-order valence-corrected chi connectivity index (χ2v) is 6.56. The summed E-state index contributed by atoms with van der Waals surface area (Å²) in [6.07, 6.45) is 0. The van der Waals surface area contributed by atoms with E-state index in [2.05, 4.69) is 15.8 Å². The van der Waals surface area contributed by atoms with E-state index in [0.29, 0.717) is 11.6 Å². The number of urea groups is 1. The molecule has 0 spiro atoms. The fraction of sp³-hybridized carbons (Fsp3) is 0.353. The topological polar surface area (TPSA) is 83.6 Å². The lowest BCUT2D eigenvalue weighted by Crippen LogP contribution is -2.39. The van der Waals surface area contributed by atoms with E-state index in [-0.39, 0.29) is 24.0 Å². The van der Waals surface area contributed by atoms with Crippen molar-refractivity contribution < 1.29 is 18.8 Å². The quantitative estimate of drug-likeness (QED) is 0.721. The molecule has 140 valence electrons. The number of hydrogen-bond acceptors (Lipinski definition) is 5. The molecule has 0 aliphatic rings. The van der Waals surface area contributed by atoms with Crippen LogP contribution in [0.4, 0.5) is 14.9 Å². The minimum Gasteiger partial charge on any atom is -0.315 e. The second-order valence-electron chi connectivity index (χ2n) is 5.62. The highest BCUT2D eigenvalue weighted by Gasteiger charge is 2.21. The molecule has 26 heavy (non-hydrogen) atoms.